The number of carbonyl (C=O) groups is 2. The number of carbonyl (C=O) groups excluding carboxylic acids is 2. The Bertz CT molecular complexity index is 583. The van der Waals surface area contributed by atoms with Crippen LogP contribution < -0.4 is 4.74 Å². The van der Waals surface area contributed by atoms with Gasteiger partial charge < -0.3 is 14.4 Å². The minimum Gasteiger partial charge on any atom is -0.458 e. The molecule has 2 fully saturated rings. The Labute approximate surface area is 138 Å². The first kappa shape index (κ1) is 15.8. The summed E-state index contributed by atoms with van der Waals surface area (Å²) in [6.45, 7) is 1.95. The Balaban J connectivity index is 1.54. The average Bonchev–Trinajstić information content (AvgIpc) is 2.95. The number of rotatable bonds is 4. The molecule has 0 spiro atoms. The molecule has 0 radical (unpaired) electrons. The molecule has 0 unspecified atom stereocenters. The van der Waals surface area contributed by atoms with E-state index in [0.717, 1.165) is 12.8 Å². The van der Waals surface area contributed by atoms with Crippen LogP contribution in [0.3, 0.4) is 0 Å². The van der Waals surface area contributed by atoms with Crippen molar-refractivity contribution in [3.8, 4) is 6.01 Å². The maximum Gasteiger partial charge on any atom is 0.410 e. The predicted molar refractivity (Wildman–Crippen MR) is 80.2 cm³/mol. The highest BCUT2D eigenvalue weighted by molar-refractivity contribution is 6.30. The predicted octanol–water partition coefficient (Wildman–Crippen LogP) is 0.952. The first-order valence-electron chi connectivity index (χ1n) is 7.45. The molecule has 124 valence electrons. The summed E-state index contributed by atoms with van der Waals surface area (Å²) < 4.78 is 10.5. The van der Waals surface area contributed by atoms with E-state index in [4.69, 9.17) is 21.1 Å². The second-order valence-corrected chi connectivity index (χ2v) is 5.88. The Morgan fingerprint density at radius 3 is 2.87 bits per heavy atom. The molecule has 3 heterocycles. The standard InChI is InChI=1S/C14H17ClN4O4/c15-10-6-16-13(17-7-10)23-11-2-1-3-18(8-11)12(20)9-19-4-5-22-14(19)21/h6-7,11H,1-5,8-9H2/t11-/m0/s1. The average molecular weight is 341 g/mol. The Hall–Kier alpha value is -2.09. The summed E-state index contributed by atoms with van der Waals surface area (Å²) in [7, 11) is 0. The number of aromatic nitrogens is 2. The summed E-state index contributed by atoms with van der Waals surface area (Å²) in [4.78, 5) is 34.8. The van der Waals surface area contributed by atoms with Gasteiger partial charge in [-0.2, -0.15) is 0 Å². The van der Waals surface area contributed by atoms with Crippen LogP contribution in [0.4, 0.5) is 4.79 Å². The molecule has 23 heavy (non-hydrogen) atoms. The number of piperidine rings is 1. The van der Waals surface area contributed by atoms with Crippen molar-refractivity contribution in [2.45, 2.75) is 18.9 Å². The zero-order chi connectivity index (χ0) is 16.2. The molecular weight excluding hydrogens is 324 g/mol. The van der Waals surface area contributed by atoms with Crippen LogP contribution in [0.15, 0.2) is 12.4 Å². The summed E-state index contributed by atoms with van der Waals surface area (Å²) in [5, 5.41) is 0.440. The van der Waals surface area contributed by atoms with Crippen LogP contribution in [0, 0.1) is 0 Å². The number of hydrogen-bond donors (Lipinski definition) is 0. The molecular formula is C14H17ClN4O4. The topological polar surface area (TPSA) is 84.9 Å². The van der Waals surface area contributed by atoms with Crippen LogP contribution in [0.2, 0.25) is 5.02 Å². The highest BCUT2D eigenvalue weighted by Gasteiger charge is 2.30. The Kier molecular flexibility index (Phi) is 4.80. The van der Waals surface area contributed by atoms with Crippen molar-refractivity contribution in [3.05, 3.63) is 17.4 Å². The molecule has 2 saturated heterocycles. The maximum absolute atomic E-state index is 12.3. The molecule has 1 aromatic rings. The fourth-order valence-electron chi connectivity index (χ4n) is 2.60. The number of hydrogen-bond acceptors (Lipinski definition) is 6. The highest BCUT2D eigenvalue weighted by atomic mass is 35.5. The molecule has 1 atom stereocenters. The number of cyclic esters (lactones) is 1. The highest BCUT2D eigenvalue weighted by Crippen LogP contribution is 2.17. The minimum absolute atomic E-state index is 0.0446. The van der Waals surface area contributed by atoms with Gasteiger partial charge >= 0.3 is 12.1 Å². The zero-order valence-corrected chi connectivity index (χ0v) is 13.2. The second kappa shape index (κ2) is 6.99. The second-order valence-electron chi connectivity index (χ2n) is 5.44. The first-order chi connectivity index (χ1) is 11.1. The third-order valence-corrected chi connectivity index (χ3v) is 3.97. The molecule has 0 aromatic carbocycles. The molecule has 0 bridgehead atoms. The molecule has 0 saturated carbocycles. The van der Waals surface area contributed by atoms with E-state index in [9.17, 15) is 9.59 Å². The van der Waals surface area contributed by atoms with Gasteiger partial charge in [0.2, 0.25) is 5.91 Å². The van der Waals surface area contributed by atoms with E-state index < -0.39 is 6.09 Å². The van der Waals surface area contributed by atoms with Crippen LogP contribution in [0.1, 0.15) is 12.8 Å². The number of halogens is 1. The van der Waals surface area contributed by atoms with Crippen LogP contribution in [-0.2, 0) is 9.53 Å². The van der Waals surface area contributed by atoms with Crippen LogP contribution in [-0.4, -0.2) is 70.7 Å². The molecule has 2 aliphatic rings. The molecule has 2 amide bonds. The summed E-state index contributed by atoms with van der Waals surface area (Å²) in [5.74, 6) is -0.103. The molecule has 2 aliphatic heterocycles. The van der Waals surface area contributed by atoms with Gasteiger partial charge in [0.15, 0.2) is 0 Å². The van der Waals surface area contributed by atoms with Gasteiger partial charge in [0.1, 0.15) is 19.3 Å². The first-order valence-corrected chi connectivity index (χ1v) is 7.83. The normalized spacial score (nSPS) is 21.3. The van der Waals surface area contributed by atoms with Crippen LogP contribution in [0.25, 0.3) is 0 Å². The van der Waals surface area contributed by atoms with Crippen molar-refractivity contribution in [2.75, 3.05) is 32.8 Å². The van der Waals surface area contributed by atoms with E-state index in [-0.39, 0.29) is 24.6 Å². The quantitative estimate of drug-likeness (QED) is 0.811. The molecule has 0 aliphatic carbocycles. The number of nitrogens with zero attached hydrogens (tertiary/aromatic N) is 4. The third-order valence-electron chi connectivity index (χ3n) is 3.77. The smallest absolute Gasteiger partial charge is 0.410 e. The van der Waals surface area contributed by atoms with Gasteiger partial charge in [0.25, 0.3) is 0 Å². The largest absolute Gasteiger partial charge is 0.458 e. The summed E-state index contributed by atoms with van der Waals surface area (Å²) in [6.07, 6.45) is 3.98. The van der Waals surface area contributed by atoms with Gasteiger partial charge in [-0.25, -0.2) is 14.8 Å². The van der Waals surface area contributed by atoms with E-state index in [1.807, 2.05) is 0 Å². The fraction of sp³-hybridized carbons (Fsp3) is 0.571. The van der Waals surface area contributed by atoms with Crippen molar-refractivity contribution in [1.82, 2.24) is 19.8 Å². The lowest BCUT2D eigenvalue weighted by molar-refractivity contribution is -0.134. The summed E-state index contributed by atoms with van der Waals surface area (Å²) >= 11 is 5.74. The maximum atomic E-state index is 12.3. The summed E-state index contributed by atoms with van der Waals surface area (Å²) in [6, 6.07) is 0.247. The monoisotopic (exact) mass is 340 g/mol. The number of ether oxygens (including phenoxy) is 2. The van der Waals surface area contributed by atoms with Gasteiger partial charge in [-0.15, -0.1) is 0 Å². The van der Waals surface area contributed by atoms with Crippen molar-refractivity contribution in [2.24, 2.45) is 0 Å². The van der Waals surface area contributed by atoms with E-state index in [2.05, 4.69) is 9.97 Å². The lowest BCUT2D eigenvalue weighted by Gasteiger charge is -2.33. The molecule has 9 heteroatoms. The Morgan fingerprint density at radius 2 is 2.17 bits per heavy atom. The van der Waals surface area contributed by atoms with Crippen LogP contribution in [0.5, 0.6) is 6.01 Å². The van der Waals surface area contributed by atoms with Crippen molar-refractivity contribution in [1.29, 1.82) is 0 Å². The summed E-state index contributed by atoms with van der Waals surface area (Å²) in [5.41, 5.74) is 0. The van der Waals surface area contributed by atoms with Crippen molar-refractivity contribution >= 4 is 23.6 Å². The van der Waals surface area contributed by atoms with E-state index in [0.29, 0.717) is 31.3 Å². The van der Waals surface area contributed by atoms with Crippen LogP contribution >= 0.6 is 11.6 Å². The van der Waals surface area contributed by atoms with Crippen molar-refractivity contribution < 1.29 is 19.1 Å². The zero-order valence-electron chi connectivity index (χ0n) is 12.5. The van der Waals surface area contributed by atoms with E-state index in [1.165, 1.54) is 17.3 Å². The molecule has 0 N–H and O–H groups in total. The number of amides is 2. The van der Waals surface area contributed by atoms with Gasteiger partial charge in [-0.3, -0.25) is 9.69 Å². The van der Waals surface area contributed by atoms with Gasteiger partial charge in [-0.05, 0) is 12.8 Å². The fourth-order valence-corrected chi connectivity index (χ4v) is 2.70. The third kappa shape index (κ3) is 4.01. The van der Waals surface area contributed by atoms with Gasteiger partial charge in [0, 0.05) is 6.54 Å². The SMILES string of the molecule is O=C(CN1CCOC1=O)N1CCC[C@H](Oc2ncc(Cl)cn2)C1. The molecule has 3 rings (SSSR count). The Morgan fingerprint density at radius 1 is 1.39 bits per heavy atom. The van der Waals surface area contributed by atoms with Crippen molar-refractivity contribution in [3.63, 3.8) is 0 Å². The van der Waals surface area contributed by atoms with E-state index >= 15 is 0 Å². The number of likely N-dealkylation sites (tertiary alicyclic amines) is 1. The lowest BCUT2D eigenvalue weighted by Crippen LogP contribution is -2.48. The molecule has 8 nitrogen and oxygen atoms in total. The minimum atomic E-state index is -0.433. The van der Waals surface area contributed by atoms with Gasteiger partial charge in [0.05, 0.1) is 30.5 Å². The molecule has 1 aromatic heterocycles. The van der Waals surface area contributed by atoms with E-state index in [1.54, 1.807) is 4.90 Å². The lowest BCUT2D eigenvalue weighted by atomic mass is 10.1. The van der Waals surface area contributed by atoms with Gasteiger partial charge in [-0.1, -0.05) is 11.6 Å².